The van der Waals surface area contributed by atoms with Crippen LogP contribution in [0.5, 0.6) is 0 Å². The second-order valence-corrected chi connectivity index (χ2v) is 4.21. The summed E-state index contributed by atoms with van der Waals surface area (Å²) in [5, 5.41) is 11.3. The van der Waals surface area contributed by atoms with Crippen molar-refractivity contribution in [3.63, 3.8) is 0 Å². The van der Waals surface area contributed by atoms with E-state index in [4.69, 9.17) is 5.11 Å². The Labute approximate surface area is 110 Å². The Morgan fingerprint density at radius 1 is 1.42 bits per heavy atom. The molecule has 1 saturated heterocycles. The number of hydrogen-bond acceptors (Lipinski definition) is 4. The van der Waals surface area contributed by atoms with Gasteiger partial charge in [-0.2, -0.15) is 0 Å². The van der Waals surface area contributed by atoms with Crippen LogP contribution in [0.15, 0.2) is 24.4 Å². The van der Waals surface area contributed by atoms with Gasteiger partial charge in [0.25, 0.3) is 0 Å². The van der Waals surface area contributed by atoms with E-state index in [-0.39, 0.29) is 5.91 Å². The van der Waals surface area contributed by atoms with E-state index in [9.17, 15) is 9.59 Å². The summed E-state index contributed by atoms with van der Waals surface area (Å²) >= 11 is 0. The molecule has 2 rings (SSSR count). The molecule has 19 heavy (non-hydrogen) atoms. The Balaban J connectivity index is 2.05. The van der Waals surface area contributed by atoms with Gasteiger partial charge >= 0.3 is 5.97 Å². The molecular formula is C13H15N3O3. The zero-order chi connectivity index (χ0) is 13.7. The number of aromatic nitrogens is 1. The van der Waals surface area contributed by atoms with E-state index in [0.29, 0.717) is 19.5 Å². The maximum Gasteiger partial charge on any atom is 0.328 e. The lowest BCUT2D eigenvalue weighted by molar-refractivity contribution is -0.131. The van der Waals surface area contributed by atoms with Gasteiger partial charge in [-0.05, 0) is 23.8 Å². The molecule has 0 aromatic carbocycles. The van der Waals surface area contributed by atoms with E-state index in [1.165, 1.54) is 6.08 Å². The lowest BCUT2D eigenvalue weighted by Gasteiger charge is -2.20. The average Bonchev–Trinajstić information content (AvgIpc) is 2.62. The molecule has 0 radical (unpaired) electrons. The van der Waals surface area contributed by atoms with E-state index in [2.05, 4.69) is 10.3 Å². The van der Waals surface area contributed by atoms with Crippen LogP contribution in [-0.4, -0.2) is 41.6 Å². The number of anilines is 1. The number of carbonyl (C=O) groups excluding carboxylic acids is 1. The third-order valence-electron chi connectivity index (χ3n) is 2.83. The van der Waals surface area contributed by atoms with Crippen LogP contribution in [-0.2, 0) is 9.59 Å². The molecule has 100 valence electrons. The van der Waals surface area contributed by atoms with Crippen LogP contribution < -0.4 is 10.2 Å². The quantitative estimate of drug-likeness (QED) is 0.774. The number of rotatable bonds is 3. The largest absolute Gasteiger partial charge is 0.478 e. The summed E-state index contributed by atoms with van der Waals surface area (Å²) in [6.07, 6.45) is 4.65. The van der Waals surface area contributed by atoms with Gasteiger partial charge in [0.15, 0.2) is 0 Å². The molecule has 0 bridgehead atoms. The number of carboxylic acid groups (broad SMARTS) is 1. The Hall–Kier alpha value is -2.37. The number of nitrogens with zero attached hydrogens (tertiary/aromatic N) is 2. The number of nitrogens with one attached hydrogen (secondary N) is 1. The lowest BCUT2D eigenvalue weighted by Crippen LogP contribution is -2.28. The van der Waals surface area contributed by atoms with Gasteiger partial charge in [-0.3, -0.25) is 4.79 Å². The zero-order valence-corrected chi connectivity index (χ0v) is 10.4. The number of carbonyl (C=O) groups is 2. The monoisotopic (exact) mass is 261 g/mol. The van der Waals surface area contributed by atoms with Crippen molar-refractivity contribution in [1.82, 2.24) is 10.3 Å². The molecule has 1 aromatic rings. The molecule has 0 unspecified atom stereocenters. The molecule has 1 aliphatic heterocycles. The first-order valence-electron chi connectivity index (χ1n) is 6.04. The van der Waals surface area contributed by atoms with Crippen LogP contribution in [0.3, 0.4) is 0 Å². The third kappa shape index (κ3) is 3.80. The zero-order valence-electron chi connectivity index (χ0n) is 10.4. The number of aliphatic carboxylic acids is 1. The molecule has 0 atom stereocenters. The molecule has 0 spiro atoms. The van der Waals surface area contributed by atoms with Gasteiger partial charge in [0, 0.05) is 38.3 Å². The molecule has 1 fully saturated rings. The first kappa shape index (κ1) is 13.1. The second kappa shape index (κ2) is 5.99. The van der Waals surface area contributed by atoms with Gasteiger partial charge < -0.3 is 15.3 Å². The summed E-state index contributed by atoms with van der Waals surface area (Å²) in [4.78, 5) is 28.0. The molecule has 6 nitrogen and oxygen atoms in total. The lowest BCUT2D eigenvalue weighted by atomic mass is 10.2. The topological polar surface area (TPSA) is 82.5 Å². The standard InChI is InChI=1S/C13H15N3O3/c17-12-5-7-16(8-6-14-12)11-3-1-10(9-15-11)2-4-13(18)19/h1-4,9H,5-8H2,(H,14,17)(H,18,19)/b4-2+. The first-order valence-corrected chi connectivity index (χ1v) is 6.04. The minimum atomic E-state index is -0.985. The van der Waals surface area contributed by atoms with E-state index in [0.717, 1.165) is 24.0 Å². The molecule has 0 aliphatic carbocycles. The molecule has 1 aromatic heterocycles. The van der Waals surface area contributed by atoms with Gasteiger partial charge in [0.05, 0.1) is 0 Å². The highest BCUT2D eigenvalue weighted by molar-refractivity contribution is 5.85. The fraction of sp³-hybridized carbons (Fsp3) is 0.308. The fourth-order valence-corrected chi connectivity index (χ4v) is 1.85. The highest BCUT2D eigenvalue weighted by Gasteiger charge is 2.14. The average molecular weight is 261 g/mol. The van der Waals surface area contributed by atoms with Crippen molar-refractivity contribution in [2.75, 3.05) is 24.5 Å². The molecule has 2 N–H and O–H groups in total. The van der Waals surface area contributed by atoms with Crippen molar-refractivity contribution < 1.29 is 14.7 Å². The minimum absolute atomic E-state index is 0.0588. The van der Waals surface area contributed by atoms with Gasteiger partial charge in [0.2, 0.25) is 5.91 Å². The number of carboxylic acids is 1. The Morgan fingerprint density at radius 3 is 2.95 bits per heavy atom. The summed E-state index contributed by atoms with van der Waals surface area (Å²) in [5.74, 6) is -0.131. The SMILES string of the molecule is O=C(O)/C=C/c1ccc(N2CCNC(=O)CC2)nc1. The molecule has 2 heterocycles. The fourth-order valence-electron chi connectivity index (χ4n) is 1.85. The number of pyridine rings is 1. The summed E-state index contributed by atoms with van der Waals surface area (Å²) in [5.41, 5.74) is 0.732. The maximum atomic E-state index is 11.2. The van der Waals surface area contributed by atoms with Crippen LogP contribution in [0.1, 0.15) is 12.0 Å². The van der Waals surface area contributed by atoms with E-state index >= 15 is 0 Å². The van der Waals surface area contributed by atoms with Gasteiger partial charge in [-0.1, -0.05) is 0 Å². The van der Waals surface area contributed by atoms with Crippen LogP contribution in [0.2, 0.25) is 0 Å². The molecule has 1 amide bonds. The highest BCUT2D eigenvalue weighted by Crippen LogP contribution is 2.13. The second-order valence-electron chi connectivity index (χ2n) is 4.21. The van der Waals surface area contributed by atoms with Crippen molar-refractivity contribution in [1.29, 1.82) is 0 Å². The maximum absolute atomic E-state index is 11.2. The van der Waals surface area contributed by atoms with Crippen LogP contribution in [0.25, 0.3) is 6.08 Å². The van der Waals surface area contributed by atoms with Crippen molar-refractivity contribution in [2.24, 2.45) is 0 Å². The summed E-state index contributed by atoms with van der Waals surface area (Å²) in [7, 11) is 0. The minimum Gasteiger partial charge on any atom is -0.478 e. The number of amides is 1. The first-order chi connectivity index (χ1) is 9.15. The summed E-state index contributed by atoms with van der Waals surface area (Å²) in [6.45, 7) is 1.98. The van der Waals surface area contributed by atoms with Crippen LogP contribution in [0, 0.1) is 0 Å². The Morgan fingerprint density at radius 2 is 2.26 bits per heavy atom. The smallest absolute Gasteiger partial charge is 0.328 e. The number of hydrogen-bond donors (Lipinski definition) is 2. The third-order valence-corrected chi connectivity index (χ3v) is 2.83. The van der Waals surface area contributed by atoms with Crippen LogP contribution in [0.4, 0.5) is 5.82 Å². The van der Waals surface area contributed by atoms with Crippen molar-refractivity contribution in [3.05, 3.63) is 30.0 Å². The van der Waals surface area contributed by atoms with Crippen molar-refractivity contribution in [2.45, 2.75) is 6.42 Å². The highest BCUT2D eigenvalue weighted by atomic mass is 16.4. The van der Waals surface area contributed by atoms with E-state index < -0.39 is 5.97 Å². The summed E-state index contributed by atoms with van der Waals surface area (Å²) in [6, 6.07) is 3.64. The molecule has 1 aliphatic rings. The predicted octanol–water partition coefficient (Wildman–Crippen LogP) is 0.506. The molecule has 6 heteroatoms. The van der Waals surface area contributed by atoms with Crippen LogP contribution >= 0.6 is 0 Å². The van der Waals surface area contributed by atoms with Gasteiger partial charge in [-0.15, -0.1) is 0 Å². The van der Waals surface area contributed by atoms with E-state index in [1.807, 2.05) is 17.0 Å². The van der Waals surface area contributed by atoms with Crippen molar-refractivity contribution in [3.8, 4) is 0 Å². The van der Waals surface area contributed by atoms with Crippen molar-refractivity contribution >= 4 is 23.8 Å². The summed E-state index contributed by atoms with van der Waals surface area (Å²) < 4.78 is 0. The van der Waals surface area contributed by atoms with Gasteiger partial charge in [0.1, 0.15) is 5.82 Å². The Kier molecular flexibility index (Phi) is 4.12. The normalized spacial score (nSPS) is 16.2. The molecular weight excluding hydrogens is 246 g/mol. The van der Waals surface area contributed by atoms with Gasteiger partial charge in [-0.25, -0.2) is 9.78 Å². The molecule has 0 saturated carbocycles. The Bertz CT molecular complexity index is 496. The van der Waals surface area contributed by atoms with E-state index in [1.54, 1.807) is 6.20 Å². The predicted molar refractivity (Wildman–Crippen MR) is 70.7 cm³/mol.